The molecule has 1 aliphatic heterocycles. The standard InChI is InChI=1S/C14H19N3/c15-10-12-5-1-2-9-17(12)13-6-3-4-11-7-8-16-14(11)13/h3-4,6-8,12,16H,1-2,5,9-10,15H2. The Bertz CT molecular complexity index is 503. The third kappa shape index (κ3) is 1.80. The molecule has 3 heteroatoms. The molecule has 3 N–H and O–H groups in total. The summed E-state index contributed by atoms with van der Waals surface area (Å²) >= 11 is 0. The molecule has 2 aromatic rings. The van der Waals surface area contributed by atoms with Crippen LogP contribution in [-0.2, 0) is 0 Å². The molecule has 17 heavy (non-hydrogen) atoms. The van der Waals surface area contributed by atoms with E-state index in [0.29, 0.717) is 6.04 Å². The van der Waals surface area contributed by atoms with E-state index in [0.717, 1.165) is 13.1 Å². The molecule has 1 aliphatic rings. The number of fused-ring (bicyclic) bond motifs is 1. The van der Waals surface area contributed by atoms with Crippen molar-refractivity contribution in [1.82, 2.24) is 4.98 Å². The van der Waals surface area contributed by atoms with Crippen molar-refractivity contribution in [3.05, 3.63) is 30.5 Å². The van der Waals surface area contributed by atoms with Crippen LogP contribution < -0.4 is 10.6 Å². The number of anilines is 1. The van der Waals surface area contributed by atoms with Gasteiger partial charge in [-0.15, -0.1) is 0 Å². The summed E-state index contributed by atoms with van der Waals surface area (Å²) in [7, 11) is 0. The SMILES string of the molecule is NCC1CCCCN1c1cccc2cc[nH]c12. The van der Waals surface area contributed by atoms with E-state index in [1.165, 1.54) is 35.9 Å². The Hall–Kier alpha value is -1.48. The molecule has 1 aromatic carbocycles. The van der Waals surface area contributed by atoms with Crippen LogP contribution in [0.4, 0.5) is 5.69 Å². The molecule has 1 unspecified atom stereocenters. The van der Waals surface area contributed by atoms with Crippen LogP contribution in [0, 0.1) is 0 Å². The van der Waals surface area contributed by atoms with Gasteiger partial charge in [0.05, 0.1) is 11.2 Å². The summed E-state index contributed by atoms with van der Waals surface area (Å²) in [6.07, 6.45) is 5.80. The van der Waals surface area contributed by atoms with Gasteiger partial charge in [0.25, 0.3) is 0 Å². The Labute approximate surface area is 102 Å². The van der Waals surface area contributed by atoms with Crippen LogP contribution in [-0.4, -0.2) is 24.1 Å². The highest BCUT2D eigenvalue weighted by Gasteiger charge is 2.22. The molecule has 1 atom stereocenters. The van der Waals surface area contributed by atoms with Crippen molar-refractivity contribution in [2.24, 2.45) is 5.73 Å². The van der Waals surface area contributed by atoms with Crippen molar-refractivity contribution in [2.45, 2.75) is 25.3 Å². The molecule has 1 fully saturated rings. The first kappa shape index (κ1) is 10.7. The van der Waals surface area contributed by atoms with Gasteiger partial charge in [-0.25, -0.2) is 0 Å². The first-order valence-electron chi connectivity index (χ1n) is 6.43. The molecule has 0 amide bonds. The number of hydrogen-bond donors (Lipinski definition) is 2. The van der Waals surface area contributed by atoms with Crippen LogP contribution in [0.25, 0.3) is 10.9 Å². The number of rotatable bonds is 2. The number of nitrogens with one attached hydrogen (secondary N) is 1. The second-order valence-electron chi connectivity index (χ2n) is 4.80. The fourth-order valence-corrected chi connectivity index (χ4v) is 2.87. The molecular weight excluding hydrogens is 210 g/mol. The number of H-pyrrole nitrogens is 1. The maximum absolute atomic E-state index is 5.90. The van der Waals surface area contributed by atoms with Gasteiger partial charge in [0.15, 0.2) is 0 Å². The summed E-state index contributed by atoms with van der Waals surface area (Å²) < 4.78 is 0. The average Bonchev–Trinajstić information content (AvgIpc) is 2.86. The van der Waals surface area contributed by atoms with E-state index in [9.17, 15) is 0 Å². The summed E-state index contributed by atoms with van der Waals surface area (Å²) in [5.41, 5.74) is 8.45. The van der Waals surface area contributed by atoms with Crippen LogP contribution >= 0.6 is 0 Å². The maximum Gasteiger partial charge on any atom is 0.0691 e. The zero-order chi connectivity index (χ0) is 11.7. The van der Waals surface area contributed by atoms with Crippen molar-refractivity contribution in [3.63, 3.8) is 0 Å². The Morgan fingerprint density at radius 3 is 3.12 bits per heavy atom. The monoisotopic (exact) mass is 229 g/mol. The number of para-hydroxylation sites is 1. The van der Waals surface area contributed by atoms with E-state index in [2.05, 4.69) is 34.1 Å². The molecule has 1 saturated heterocycles. The first-order valence-corrected chi connectivity index (χ1v) is 6.43. The zero-order valence-corrected chi connectivity index (χ0v) is 10.0. The number of nitrogens with two attached hydrogens (primary N) is 1. The highest BCUT2D eigenvalue weighted by Crippen LogP contribution is 2.30. The summed E-state index contributed by atoms with van der Waals surface area (Å²) in [5, 5.41) is 1.28. The number of hydrogen-bond acceptors (Lipinski definition) is 2. The molecule has 1 aromatic heterocycles. The van der Waals surface area contributed by atoms with E-state index in [1.54, 1.807) is 0 Å². The van der Waals surface area contributed by atoms with E-state index in [1.807, 2.05) is 6.20 Å². The smallest absolute Gasteiger partial charge is 0.0691 e. The molecule has 0 bridgehead atoms. The van der Waals surface area contributed by atoms with Gasteiger partial charge in [-0.2, -0.15) is 0 Å². The summed E-state index contributed by atoms with van der Waals surface area (Å²) in [5.74, 6) is 0. The molecule has 0 radical (unpaired) electrons. The molecule has 3 nitrogen and oxygen atoms in total. The molecule has 0 aliphatic carbocycles. The third-order valence-electron chi connectivity index (χ3n) is 3.77. The molecule has 2 heterocycles. The molecule has 0 spiro atoms. The Morgan fingerprint density at radius 2 is 2.24 bits per heavy atom. The van der Waals surface area contributed by atoms with Crippen LogP contribution in [0.15, 0.2) is 30.5 Å². The van der Waals surface area contributed by atoms with Crippen molar-refractivity contribution >= 4 is 16.6 Å². The van der Waals surface area contributed by atoms with Crippen molar-refractivity contribution in [1.29, 1.82) is 0 Å². The summed E-state index contributed by atoms with van der Waals surface area (Å²) in [6, 6.07) is 9.11. The van der Waals surface area contributed by atoms with Gasteiger partial charge in [-0.05, 0) is 31.4 Å². The lowest BCUT2D eigenvalue weighted by atomic mass is 10.0. The molecular formula is C14H19N3. The highest BCUT2D eigenvalue weighted by molar-refractivity contribution is 5.91. The predicted molar refractivity (Wildman–Crippen MR) is 72.3 cm³/mol. The normalized spacial score (nSPS) is 21.0. The Morgan fingerprint density at radius 1 is 1.29 bits per heavy atom. The number of nitrogens with zero attached hydrogens (tertiary/aromatic N) is 1. The lowest BCUT2D eigenvalue weighted by Gasteiger charge is -2.37. The van der Waals surface area contributed by atoms with Crippen LogP contribution in [0.3, 0.4) is 0 Å². The third-order valence-corrected chi connectivity index (χ3v) is 3.77. The molecule has 3 rings (SSSR count). The topological polar surface area (TPSA) is 45.0 Å². The van der Waals surface area contributed by atoms with Gasteiger partial charge in [-0.1, -0.05) is 12.1 Å². The lowest BCUT2D eigenvalue weighted by Crippen LogP contribution is -2.44. The van der Waals surface area contributed by atoms with Crippen molar-refractivity contribution in [2.75, 3.05) is 18.0 Å². The second kappa shape index (κ2) is 4.41. The second-order valence-corrected chi connectivity index (χ2v) is 4.80. The number of aromatic nitrogens is 1. The zero-order valence-electron chi connectivity index (χ0n) is 10.0. The van der Waals surface area contributed by atoms with Crippen LogP contribution in [0.1, 0.15) is 19.3 Å². The minimum atomic E-state index is 0.498. The van der Waals surface area contributed by atoms with Crippen molar-refractivity contribution in [3.8, 4) is 0 Å². The van der Waals surface area contributed by atoms with E-state index in [-0.39, 0.29) is 0 Å². The lowest BCUT2D eigenvalue weighted by molar-refractivity contribution is 0.466. The van der Waals surface area contributed by atoms with Crippen molar-refractivity contribution < 1.29 is 0 Å². The Balaban J connectivity index is 2.04. The first-order chi connectivity index (χ1) is 8.40. The van der Waals surface area contributed by atoms with Crippen LogP contribution in [0.5, 0.6) is 0 Å². The van der Waals surface area contributed by atoms with Gasteiger partial charge in [0.2, 0.25) is 0 Å². The molecule has 90 valence electrons. The van der Waals surface area contributed by atoms with Gasteiger partial charge in [0, 0.05) is 30.7 Å². The maximum atomic E-state index is 5.90. The van der Waals surface area contributed by atoms with Gasteiger partial charge < -0.3 is 15.6 Å². The quantitative estimate of drug-likeness (QED) is 0.831. The average molecular weight is 229 g/mol. The summed E-state index contributed by atoms with van der Waals surface area (Å²) in [6.45, 7) is 1.87. The van der Waals surface area contributed by atoms with Gasteiger partial charge >= 0.3 is 0 Å². The fourth-order valence-electron chi connectivity index (χ4n) is 2.87. The Kier molecular flexibility index (Phi) is 2.77. The van der Waals surface area contributed by atoms with Crippen LogP contribution in [0.2, 0.25) is 0 Å². The number of piperidine rings is 1. The number of aromatic amines is 1. The minimum Gasteiger partial charge on any atom is -0.366 e. The fraction of sp³-hybridized carbons (Fsp3) is 0.429. The van der Waals surface area contributed by atoms with E-state index in [4.69, 9.17) is 5.73 Å². The minimum absolute atomic E-state index is 0.498. The van der Waals surface area contributed by atoms with Gasteiger partial charge in [0.1, 0.15) is 0 Å². The van der Waals surface area contributed by atoms with Gasteiger partial charge in [-0.3, -0.25) is 0 Å². The highest BCUT2D eigenvalue weighted by atomic mass is 15.2. The largest absolute Gasteiger partial charge is 0.366 e. The molecule has 0 saturated carbocycles. The summed E-state index contributed by atoms with van der Waals surface area (Å²) in [4.78, 5) is 5.82. The van der Waals surface area contributed by atoms with E-state index >= 15 is 0 Å². The predicted octanol–water partition coefficient (Wildman–Crippen LogP) is 2.49. The van der Waals surface area contributed by atoms with E-state index < -0.39 is 0 Å². The number of benzene rings is 1.